The van der Waals surface area contributed by atoms with Crippen molar-refractivity contribution in [2.75, 3.05) is 0 Å². The van der Waals surface area contributed by atoms with E-state index in [4.69, 9.17) is 16.7 Å². The van der Waals surface area contributed by atoms with Gasteiger partial charge in [-0.2, -0.15) is 5.10 Å². The van der Waals surface area contributed by atoms with Gasteiger partial charge in [0, 0.05) is 17.8 Å². The Morgan fingerprint density at radius 2 is 1.85 bits per heavy atom. The molecule has 4 fully saturated rings. The maximum absolute atomic E-state index is 13.7. The topological polar surface area (TPSA) is 77.6 Å². The van der Waals surface area contributed by atoms with Gasteiger partial charge in [-0.3, -0.25) is 4.79 Å². The van der Waals surface area contributed by atoms with Crippen LogP contribution >= 0.6 is 11.6 Å². The average molecular weight is 465 g/mol. The van der Waals surface area contributed by atoms with Gasteiger partial charge in [-0.15, -0.1) is 5.10 Å². The molecule has 0 radical (unpaired) electrons. The first-order valence-corrected chi connectivity index (χ1v) is 12.2. The van der Waals surface area contributed by atoms with Crippen molar-refractivity contribution in [3.63, 3.8) is 0 Å². The normalized spacial score (nSPS) is 30.0. The SMILES string of the molecule is Cc1nn(-c2ccccc2)c(C)c1CNC(=O)C12CC3CC(C1)CC(n1cnc(Cl)n1)(C3)C2. The molecule has 1 N–H and O–H groups in total. The van der Waals surface area contributed by atoms with Crippen LogP contribution in [-0.4, -0.2) is 30.5 Å². The zero-order valence-electron chi connectivity index (χ0n) is 19.1. The number of rotatable bonds is 5. The zero-order valence-corrected chi connectivity index (χ0v) is 19.8. The third-order valence-electron chi connectivity index (χ3n) is 8.33. The number of benzene rings is 1. The van der Waals surface area contributed by atoms with Crippen LogP contribution in [0.1, 0.15) is 55.5 Å². The zero-order chi connectivity index (χ0) is 22.8. The van der Waals surface area contributed by atoms with Crippen LogP contribution in [0.2, 0.25) is 5.28 Å². The smallest absolute Gasteiger partial charge is 0.242 e. The molecule has 1 amide bonds. The summed E-state index contributed by atoms with van der Waals surface area (Å²) in [5.41, 5.74) is 3.68. The highest BCUT2D eigenvalue weighted by atomic mass is 35.5. The highest BCUT2D eigenvalue weighted by Crippen LogP contribution is 2.64. The van der Waals surface area contributed by atoms with Gasteiger partial charge in [-0.25, -0.2) is 14.3 Å². The van der Waals surface area contributed by atoms with Gasteiger partial charge < -0.3 is 5.32 Å². The van der Waals surface area contributed by atoms with Crippen LogP contribution in [0, 0.1) is 31.1 Å². The number of aromatic nitrogens is 5. The number of carbonyl (C=O) groups is 1. The molecule has 2 unspecified atom stereocenters. The van der Waals surface area contributed by atoms with Gasteiger partial charge in [0.1, 0.15) is 6.33 Å². The number of carbonyl (C=O) groups excluding carboxylic acids is 1. The molecule has 8 heteroatoms. The summed E-state index contributed by atoms with van der Waals surface area (Å²) in [6, 6.07) is 10.1. The molecule has 7 nitrogen and oxygen atoms in total. The molecule has 4 aliphatic carbocycles. The predicted octanol–water partition coefficient (Wildman–Crippen LogP) is 4.35. The Kier molecular flexibility index (Phi) is 4.70. The third-order valence-corrected chi connectivity index (χ3v) is 8.50. The number of hydrogen-bond donors (Lipinski definition) is 1. The molecular weight excluding hydrogens is 436 g/mol. The highest BCUT2D eigenvalue weighted by Gasteiger charge is 2.61. The molecule has 2 aromatic heterocycles. The standard InChI is InChI=1S/C25H29ClN6O/c1-16-21(17(2)32(29-16)20-6-4-3-5-7-20)13-27-22(33)24-9-18-8-19(10-24)12-25(11-18,14-24)31-15-28-23(26)30-31/h3-7,15,18-19H,8-14H2,1-2H3,(H,27,33). The minimum absolute atomic E-state index is 0.133. The van der Waals surface area contributed by atoms with Crippen LogP contribution in [0.25, 0.3) is 5.69 Å². The van der Waals surface area contributed by atoms with Crippen molar-refractivity contribution in [1.82, 2.24) is 29.9 Å². The first-order chi connectivity index (χ1) is 15.9. The predicted molar refractivity (Wildman–Crippen MR) is 125 cm³/mol. The molecule has 0 saturated heterocycles. The highest BCUT2D eigenvalue weighted by molar-refractivity contribution is 6.28. The van der Waals surface area contributed by atoms with E-state index in [2.05, 4.69) is 22.3 Å². The van der Waals surface area contributed by atoms with Crippen molar-refractivity contribution in [1.29, 1.82) is 0 Å². The number of aryl methyl sites for hydroxylation is 1. The number of amides is 1. The Morgan fingerprint density at radius 3 is 2.52 bits per heavy atom. The van der Waals surface area contributed by atoms with Gasteiger partial charge in [0.15, 0.2) is 0 Å². The minimum atomic E-state index is -0.334. The lowest BCUT2D eigenvalue weighted by Crippen LogP contribution is -2.61. The quantitative estimate of drug-likeness (QED) is 0.609. The largest absolute Gasteiger partial charge is 0.351 e. The van der Waals surface area contributed by atoms with E-state index in [1.807, 2.05) is 46.6 Å². The first kappa shape index (κ1) is 20.9. The molecule has 7 rings (SSSR count). The maximum atomic E-state index is 13.7. The van der Waals surface area contributed by atoms with Crippen molar-refractivity contribution in [3.8, 4) is 5.69 Å². The molecule has 0 spiro atoms. The Morgan fingerprint density at radius 1 is 1.12 bits per heavy atom. The fourth-order valence-corrected chi connectivity index (χ4v) is 7.45. The Labute approximate surface area is 198 Å². The van der Waals surface area contributed by atoms with E-state index < -0.39 is 0 Å². The number of nitrogens with one attached hydrogen (secondary N) is 1. The van der Waals surface area contributed by atoms with Gasteiger partial charge in [0.25, 0.3) is 0 Å². The Hall–Kier alpha value is -2.67. The lowest BCUT2D eigenvalue weighted by atomic mass is 9.46. The molecular formula is C25H29ClN6O. The summed E-state index contributed by atoms with van der Waals surface area (Å²) >= 11 is 6.06. The summed E-state index contributed by atoms with van der Waals surface area (Å²) in [7, 11) is 0. The molecule has 4 bridgehead atoms. The van der Waals surface area contributed by atoms with Crippen LogP contribution in [-0.2, 0) is 16.9 Å². The molecule has 3 aromatic rings. The Bertz CT molecular complexity index is 1200. The summed E-state index contributed by atoms with van der Waals surface area (Å²) in [5, 5.41) is 12.8. The summed E-state index contributed by atoms with van der Waals surface area (Å²) < 4.78 is 3.93. The van der Waals surface area contributed by atoms with Gasteiger partial charge in [0.2, 0.25) is 11.2 Å². The van der Waals surface area contributed by atoms with E-state index in [0.29, 0.717) is 18.4 Å². The molecule has 4 aliphatic rings. The van der Waals surface area contributed by atoms with Crippen LogP contribution < -0.4 is 5.32 Å². The van der Waals surface area contributed by atoms with Crippen molar-refractivity contribution >= 4 is 17.5 Å². The van der Waals surface area contributed by atoms with Crippen LogP contribution in [0.15, 0.2) is 36.7 Å². The fourth-order valence-electron chi connectivity index (χ4n) is 7.33. The summed E-state index contributed by atoms with van der Waals surface area (Å²) in [4.78, 5) is 17.9. The van der Waals surface area contributed by atoms with Crippen molar-refractivity contribution in [3.05, 3.63) is 58.9 Å². The fraction of sp³-hybridized carbons (Fsp3) is 0.520. The van der Waals surface area contributed by atoms with Crippen LogP contribution in [0.3, 0.4) is 0 Å². The van der Waals surface area contributed by atoms with Crippen molar-refractivity contribution in [2.45, 2.75) is 64.5 Å². The molecule has 2 heterocycles. The summed E-state index contributed by atoms with van der Waals surface area (Å²) in [6.45, 7) is 4.59. The molecule has 0 aliphatic heterocycles. The minimum Gasteiger partial charge on any atom is -0.351 e. The average Bonchev–Trinajstić information content (AvgIpc) is 3.35. The van der Waals surface area contributed by atoms with Gasteiger partial charge >= 0.3 is 0 Å². The second-order valence-corrected chi connectivity index (χ2v) is 10.8. The second-order valence-electron chi connectivity index (χ2n) is 10.5. The maximum Gasteiger partial charge on any atom is 0.242 e. The van der Waals surface area contributed by atoms with Gasteiger partial charge in [0.05, 0.1) is 22.3 Å². The number of para-hydroxylation sites is 1. The monoisotopic (exact) mass is 464 g/mol. The second kappa shape index (κ2) is 7.42. The van der Waals surface area contributed by atoms with Gasteiger partial charge in [-0.05, 0) is 87.9 Å². The summed E-state index contributed by atoms with van der Waals surface area (Å²) in [5.74, 6) is 1.30. The van der Waals surface area contributed by atoms with E-state index in [9.17, 15) is 4.79 Å². The van der Waals surface area contributed by atoms with Crippen molar-refractivity contribution in [2.24, 2.45) is 17.3 Å². The van der Waals surface area contributed by atoms with E-state index >= 15 is 0 Å². The molecule has 172 valence electrons. The Balaban J connectivity index is 1.24. The number of halogens is 1. The molecule has 33 heavy (non-hydrogen) atoms. The molecule has 4 saturated carbocycles. The van der Waals surface area contributed by atoms with E-state index in [0.717, 1.165) is 54.7 Å². The molecule has 2 atom stereocenters. The lowest BCUT2D eigenvalue weighted by Gasteiger charge is -2.60. The number of nitrogens with zero attached hydrogens (tertiary/aromatic N) is 5. The third kappa shape index (κ3) is 3.31. The van der Waals surface area contributed by atoms with E-state index in [-0.39, 0.29) is 22.1 Å². The first-order valence-electron chi connectivity index (χ1n) is 11.8. The van der Waals surface area contributed by atoms with E-state index in [1.165, 1.54) is 6.42 Å². The van der Waals surface area contributed by atoms with Gasteiger partial charge in [-0.1, -0.05) is 18.2 Å². The van der Waals surface area contributed by atoms with Crippen molar-refractivity contribution < 1.29 is 4.79 Å². The van der Waals surface area contributed by atoms with Crippen LogP contribution in [0.5, 0.6) is 0 Å². The molecule has 1 aromatic carbocycles. The lowest BCUT2D eigenvalue weighted by molar-refractivity contribution is -0.156. The van der Waals surface area contributed by atoms with E-state index in [1.54, 1.807) is 6.33 Å². The number of hydrogen-bond acceptors (Lipinski definition) is 4. The summed E-state index contributed by atoms with van der Waals surface area (Å²) in [6.07, 6.45) is 7.88. The van der Waals surface area contributed by atoms with Crippen LogP contribution in [0.4, 0.5) is 0 Å².